The molecule has 0 aliphatic carbocycles. The summed E-state index contributed by atoms with van der Waals surface area (Å²) in [7, 11) is 0. The minimum Gasteiger partial charge on any atom is -0.452 e. The maximum absolute atomic E-state index is 14.1. The van der Waals surface area contributed by atoms with Gasteiger partial charge >= 0.3 is 0 Å². The number of morpholine rings is 1. The summed E-state index contributed by atoms with van der Waals surface area (Å²) in [4.78, 5) is 8.74. The molecule has 1 aliphatic rings. The third-order valence-corrected chi connectivity index (χ3v) is 5.91. The molecule has 0 radical (unpaired) electrons. The lowest BCUT2D eigenvalue weighted by Gasteiger charge is -2.23. The second-order valence-electron chi connectivity index (χ2n) is 7.16. The molecule has 0 amide bonds. The summed E-state index contributed by atoms with van der Waals surface area (Å²) in [6.07, 6.45) is 3.27. The van der Waals surface area contributed by atoms with Crippen molar-refractivity contribution in [3.05, 3.63) is 64.3 Å². The maximum Gasteiger partial charge on any atom is 0.177 e. The van der Waals surface area contributed by atoms with Crippen molar-refractivity contribution in [2.45, 2.75) is 6.10 Å². The predicted octanol–water partition coefficient (Wildman–Crippen LogP) is 5.25. The van der Waals surface area contributed by atoms with Gasteiger partial charge < -0.3 is 20.2 Å². The largest absolute Gasteiger partial charge is 0.452 e. The predicted molar refractivity (Wildman–Crippen MR) is 119 cm³/mol. The zero-order chi connectivity index (χ0) is 21.5. The zero-order valence-corrected chi connectivity index (χ0v) is 17.7. The summed E-state index contributed by atoms with van der Waals surface area (Å²) in [5.41, 5.74) is 9.18. The molecule has 3 aromatic heterocycles. The highest BCUT2D eigenvalue weighted by Crippen LogP contribution is 2.42. The normalized spacial score (nSPS) is 16.7. The average Bonchev–Trinajstić information content (AvgIpc) is 3.23. The molecule has 4 heterocycles. The van der Waals surface area contributed by atoms with Gasteiger partial charge in [0.05, 0.1) is 27.9 Å². The molecule has 0 saturated carbocycles. The van der Waals surface area contributed by atoms with Gasteiger partial charge in [-0.2, -0.15) is 0 Å². The summed E-state index contributed by atoms with van der Waals surface area (Å²) >= 11 is 12.5. The first-order valence-electron chi connectivity index (χ1n) is 9.63. The Labute approximate surface area is 187 Å². The Morgan fingerprint density at radius 1 is 1.16 bits per heavy atom. The number of aromatic nitrogens is 2. The summed E-state index contributed by atoms with van der Waals surface area (Å²) in [5, 5.41) is 4.16. The molecule has 1 fully saturated rings. The highest BCUT2D eigenvalue weighted by atomic mass is 35.5. The van der Waals surface area contributed by atoms with Crippen LogP contribution in [0.3, 0.4) is 0 Å². The quantitative estimate of drug-likeness (QED) is 0.408. The fraction of sp³-hybridized carbons (Fsp3) is 0.182. The first-order valence-corrected chi connectivity index (χ1v) is 10.4. The molecule has 5 rings (SSSR count). The van der Waals surface area contributed by atoms with Gasteiger partial charge in [-0.05, 0) is 35.9 Å². The smallest absolute Gasteiger partial charge is 0.177 e. The molecule has 3 N–H and O–H groups in total. The number of hydrogen-bond acceptors (Lipinski definition) is 6. The van der Waals surface area contributed by atoms with Crippen LogP contribution in [0.15, 0.2) is 47.1 Å². The molecule has 1 atom stereocenters. The minimum absolute atomic E-state index is 0.118. The van der Waals surface area contributed by atoms with E-state index in [4.69, 9.17) is 38.1 Å². The number of pyridine rings is 2. The molecule has 1 unspecified atom stereocenters. The van der Waals surface area contributed by atoms with Crippen molar-refractivity contribution in [3.8, 4) is 22.5 Å². The van der Waals surface area contributed by atoms with E-state index in [-0.39, 0.29) is 27.5 Å². The maximum atomic E-state index is 14.1. The second kappa shape index (κ2) is 8.09. The van der Waals surface area contributed by atoms with E-state index in [9.17, 15) is 4.39 Å². The van der Waals surface area contributed by atoms with Crippen LogP contribution in [0.4, 0.5) is 10.2 Å². The van der Waals surface area contributed by atoms with Crippen LogP contribution in [0.25, 0.3) is 33.4 Å². The van der Waals surface area contributed by atoms with Crippen molar-refractivity contribution in [2.75, 3.05) is 25.4 Å². The number of rotatable bonds is 3. The first kappa shape index (κ1) is 20.2. The SMILES string of the molecule is Nc1ncc(-c2ccnc(C3CNCCO3)c2)c2cc(-c3c(Cl)ccc(F)c3Cl)oc12. The van der Waals surface area contributed by atoms with E-state index >= 15 is 0 Å². The lowest BCUT2D eigenvalue weighted by Crippen LogP contribution is -2.33. The highest BCUT2D eigenvalue weighted by Gasteiger charge is 2.21. The van der Waals surface area contributed by atoms with Crippen LogP contribution >= 0.6 is 23.2 Å². The number of hydrogen-bond donors (Lipinski definition) is 2. The van der Waals surface area contributed by atoms with Crippen LogP contribution in [0.1, 0.15) is 11.8 Å². The highest BCUT2D eigenvalue weighted by molar-refractivity contribution is 6.39. The van der Waals surface area contributed by atoms with Gasteiger partial charge in [-0.1, -0.05) is 23.2 Å². The molecule has 4 aromatic rings. The molecule has 0 spiro atoms. The number of benzene rings is 1. The fourth-order valence-corrected chi connectivity index (χ4v) is 4.25. The van der Waals surface area contributed by atoms with E-state index in [2.05, 4.69) is 15.3 Å². The van der Waals surface area contributed by atoms with Crippen molar-refractivity contribution >= 4 is 40.0 Å². The molecular formula is C22H17Cl2FN4O2. The van der Waals surface area contributed by atoms with E-state index in [0.29, 0.717) is 29.9 Å². The van der Waals surface area contributed by atoms with E-state index in [1.165, 1.54) is 12.1 Å². The second-order valence-corrected chi connectivity index (χ2v) is 7.95. The molecule has 31 heavy (non-hydrogen) atoms. The number of halogens is 3. The number of nitrogens with one attached hydrogen (secondary N) is 1. The van der Waals surface area contributed by atoms with Crippen molar-refractivity contribution < 1.29 is 13.5 Å². The number of furan rings is 1. The number of ether oxygens (including phenoxy) is 1. The van der Waals surface area contributed by atoms with Gasteiger partial charge in [0.15, 0.2) is 11.4 Å². The average molecular weight is 459 g/mol. The van der Waals surface area contributed by atoms with Gasteiger partial charge in [0.25, 0.3) is 0 Å². The molecule has 0 bridgehead atoms. The van der Waals surface area contributed by atoms with Crippen molar-refractivity contribution in [1.82, 2.24) is 15.3 Å². The zero-order valence-electron chi connectivity index (χ0n) is 16.2. The van der Waals surface area contributed by atoms with E-state index in [0.717, 1.165) is 23.4 Å². The Bertz CT molecular complexity index is 1290. The Hall–Kier alpha value is -2.71. The minimum atomic E-state index is -0.590. The van der Waals surface area contributed by atoms with Crippen LogP contribution < -0.4 is 11.1 Å². The third kappa shape index (κ3) is 3.64. The Kier molecular flexibility index (Phi) is 5.27. The standard InChI is InChI=1S/C22H17Cl2FN4O2/c23-14-1-2-15(25)20(24)19(14)17-8-12-13(9-29-22(26)21(12)31-17)11-3-4-28-16(7-11)18-10-27-5-6-30-18/h1-4,7-9,18,27H,5-6,10H2,(H2,26,29). The van der Waals surface area contributed by atoms with Gasteiger partial charge in [0.1, 0.15) is 17.7 Å². The first-order chi connectivity index (χ1) is 15.0. The van der Waals surface area contributed by atoms with Crippen LogP contribution in [0.5, 0.6) is 0 Å². The number of nitrogen functional groups attached to an aromatic ring is 1. The molecule has 9 heteroatoms. The number of anilines is 1. The van der Waals surface area contributed by atoms with Crippen LogP contribution in [0.2, 0.25) is 10.0 Å². The van der Waals surface area contributed by atoms with Gasteiger partial charge in [-0.25, -0.2) is 9.37 Å². The van der Waals surface area contributed by atoms with Gasteiger partial charge in [-0.3, -0.25) is 4.98 Å². The number of nitrogens with zero attached hydrogens (tertiary/aromatic N) is 2. The van der Waals surface area contributed by atoms with Crippen LogP contribution in [0, 0.1) is 5.82 Å². The topological polar surface area (TPSA) is 86.2 Å². The van der Waals surface area contributed by atoms with E-state index < -0.39 is 5.82 Å². The van der Waals surface area contributed by atoms with E-state index in [1.54, 1.807) is 18.5 Å². The molecule has 1 aliphatic heterocycles. The number of nitrogens with two attached hydrogens (primary N) is 1. The lowest BCUT2D eigenvalue weighted by molar-refractivity contribution is 0.0250. The molecule has 158 valence electrons. The third-order valence-electron chi connectivity index (χ3n) is 5.23. The van der Waals surface area contributed by atoms with Crippen molar-refractivity contribution in [2.24, 2.45) is 0 Å². The van der Waals surface area contributed by atoms with Crippen molar-refractivity contribution in [1.29, 1.82) is 0 Å². The summed E-state index contributed by atoms with van der Waals surface area (Å²) in [6, 6.07) is 8.22. The summed E-state index contributed by atoms with van der Waals surface area (Å²) in [6.45, 7) is 2.14. The van der Waals surface area contributed by atoms with Crippen molar-refractivity contribution in [3.63, 3.8) is 0 Å². The molecule has 1 aromatic carbocycles. The Balaban J connectivity index is 1.65. The molecule has 1 saturated heterocycles. The molecular weight excluding hydrogens is 442 g/mol. The monoisotopic (exact) mass is 458 g/mol. The summed E-state index contributed by atoms with van der Waals surface area (Å²) < 4.78 is 25.8. The summed E-state index contributed by atoms with van der Waals surface area (Å²) in [5.74, 6) is -0.0741. The fourth-order valence-electron chi connectivity index (χ4n) is 3.70. The van der Waals surface area contributed by atoms with Crippen LogP contribution in [-0.2, 0) is 4.74 Å². The Morgan fingerprint density at radius 3 is 2.84 bits per heavy atom. The number of fused-ring (bicyclic) bond motifs is 1. The van der Waals surface area contributed by atoms with Gasteiger partial charge in [0.2, 0.25) is 0 Å². The lowest BCUT2D eigenvalue weighted by atomic mass is 10.0. The molecule has 6 nitrogen and oxygen atoms in total. The van der Waals surface area contributed by atoms with Gasteiger partial charge in [-0.15, -0.1) is 0 Å². The van der Waals surface area contributed by atoms with Gasteiger partial charge in [0, 0.05) is 36.4 Å². The van der Waals surface area contributed by atoms with E-state index in [1.807, 2.05) is 12.1 Å². The van der Waals surface area contributed by atoms with Crippen LogP contribution in [-0.4, -0.2) is 29.7 Å². The Morgan fingerprint density at radius 2 is 2.03 bits per heavy atom.